The third-order valence-corrected chi connectivity index (χ3v) is 5.38. The van der Waals surface area contributed by atoms with E-state index < -0.39 is 0 Å². The van der Waals surface area contributed by atoms with Gasteiger partial charge in [0.15, 0.2) is 5.82 Å². The SMILES string of the molecule is CCNc1nc(-c2ccc(C(C)(C)C)s2)nc(C)c1Br. The molecule has 5 heteroatoms. The van der Waals surface area contributed by atoms with Crippen molar-refractivity contribution in [2.45, 2.75) is 40.0 Å². The largest absolute Gasteiger partial charge is 0.369 e. The highest BCUT2D eigenvalue weighted by Gasteiger charge is 2.18. The van der Waals surface area contributed by atoms with Gasteiger partial charge in [0.25, 0.3) is 0 Å². The number of rotatable bonds is 3. The van der Waals surface area contributed by atoms with Crippen molar-refractivity contribution in [3.63, 3.8) is 0 Å². The van der Waals surface area contributed by atoms with Crippen molar-refractivity contribution in [2.75, 3.05) is 11.9 Å². The maximum atomic E-state index is 4.63. The Morgan fingerprint density at radius 1 is 1.25 bits per heavy atom. The van der Waals surface area contributed by atoms with Gasteiger partial charge >= 0.3 is 0 Å². The minimum Gasteiger partial charge on any atom is -0.369 e. The summed E-state index contributed by atoms with van der Waals surface area (Å²) in [5.74, 6) is 1.66. The molecule has 1 N–H and O–H groups in total. The Hall–Kier alpha value is -0.940. The maximum Gasteiger partial charge on any atom is 0.171 e. The van der Waals surface area contributed by atoms with Crippen molar-refractivity contribution >= 4 is 33.1 Å². The van der Waals surface area contributed by atoms with Crippen LogP contribution in [0.5, 0.6) is 0 Å². The minimum atomic E-state index is 0.165. The monoisotopic (exact) mass is 353 g/mol. The topological polar surface area (TPSA) is 37.8 Å². The van der Waals surface area contributed by atoms with Crippen LogP contribution in [-0.4, -0.2) is 16.5 Å². The summed E-state index contributed by atoms with van der Waals surface area (Å²) < 4.78 is 0.940. The normalized spacial score (nSPS) is 11.7. The minimum absolute atomic E-state index is 0.165. The van der Waals surface area contributed by atoms with Gasteiger partial charge in [0.1, 0.15) is 5.82 Å². The van der Waals surface area contributed by atoms with Gasteiger partial charge in [-0.15, -0.1) is 11.3 Å². The van der Waals surface area contributed by atoms with Crippen LogP contribution in [0.15, 0.2) is 16.6 Å². The average molecular weight is 354 g/mol. The first-order chi connectivity index (χ1) is 9.32. The lowest BCUT2D eigenvalue weighted by Crippen LogP contribution is -2.07. The first-order valence-corrected chi connectivity index (χ1v) is 8.32. The highest BCUT2D eigenvalue weighted by molar-refractivity contribution is 9.10. The molecule has 0 saturated carbocycles. The van der Waals surface area contributed by atoms with Crippen molar-refractivity contribution in [3.05, 3.63) is 27.2 Å². The molecule has 3 nitrogen and oxygen atoms in total. The Bertz CT molecular complexity index is 614. The summed E-state index contributed by atoms with van der Waals surface area (Å²) in [7, 11) is 0. The number of halogens is 1. The Balaban J connectivity index is 2.45. The zero-order valence-corrected chi connectivity index (χ0v) is 14.9. The van der Waals surface area contributed by atoms with Crippen molar-refractivity contribution < 1.29 is 0 Å². The van der Waals surface area contributed by atoms with Gasteiger partial charge in [-0.1, -0.05) is 20.8 Å². The molecule has 0 atom stereocenters. The van der Waals surface area contributed by atoms with E-state index in [1.165, 1.54) is 4.88 Å². The summed E-state index contributed by atoms with van der Waals surface area (Å²) in [6, 6.07) is 4.29. The summed E-state index contributed by atoms with van der Waals surface area (Å²) in [6.45, 7) is 11.6. The molecule has 0 aromatic carbocycles. The van der Waals surface area contributed by atoms with E-state index in [1.807, 2.05) is 6.92 Å². The van der Waals surface area contributed by atoms with Crippen LogP contribution in [0.4, 0.5) is 5.82 Å². The van der Waals surface area contributed by atoms with Crippen LogP contribution < -0.4 is 5.32 Å². The molecule has 2 rings (SSSR count). The number of hydrogen-bond acceptors (Lipinski definition) is 4. The molecule has 0 aliphatic carbocycles. The first-order valence-electron chi connectivity index (χ1n) is 6.71. The fourth-order valence-corrected chi connectivity index (χ4v) is 3.13. The van der Waals surface area contributed by atoms with E-state index in [9.17, 15) is 0 Å². The molecule has 2 aromatic heterocycles. The molecule has 108 valence electrons. The molecule has 0 saturated heterocycles. The smallest absolute Gasteiger partial charge is 0.171 e. The third-order valence-electron chi connectivity index (χ3n) is 2.93. The summed E-state index contributed by atoms with van der Waals surface area (Å²) in [4.78, 5) is 11.7. The van der Waals surface area contributed by atoms with Gasteiger partial charge < -0.3 is 5.32 Å². The van der Waals surface area contributed by atoms with E-state index in [4.69, 9.17) is 0 Å². The van der Waals surface area contributed by atoms with Gasteiger partial charge in [0.05, 0.1) is 15.0 Å². The van der Waals surface area contributed by atoms with Crippen LogP contribution in [-0.2, 0) is 5.41 Å². The molecule has 2 aromatic rings. The van der Waals surface area contributed by atoms with Gasteiger partial charge in [0, 0.05) is 11.4 Å². The van der Waals surface area contributed by atoms with Crippen LogP contribution in [0.25, 0.3) is 10.7 Å². The lowest BCUT2D eigenvalue weighted by molar-refractivity contribution is 0.604. The van der Waals surface area contributed by atoms with Gasteiger partial charge in [-0.3, -0.25) is 0 Å². The van der Waals surface area contributed by atoms with Crippen LogP contribution in [0.2, 0.25) is 0 Å². The van der Waals surface area contributed by atoms with E-state index in [0.29, 0.717) is 0 Å². The molecule has 20 heavy (non-hydrogen) atoms. The van der Waals surface area contributed by atoms with Crippen LogP contribution >= 0.6 is 27.3 Å². The van der Waals surface area contributed by atoms with E-state index >= 15 is 0 Å². The lowest BCUT2D eigenvalue weighted by atomic mass is 9.95. The van der Waals surface area contributed by atoms with Crippen molar-refractivity contribution in [3.8, 4) is 10.7 Å². The summed E-state index contributed by atoms with van der Waals surface area (Å²) in [6.07, 6.45) is 0. The molecule has 0 fully saturated rings. The predicted octanol–water partition coefficient (Wildman–Crippen LogP) is 5.01. The molecule has 0 aliphatic rings. The standard InChI is InChI=1S/C15H20BrN3S/c1-6-17-14-12(16)9(2)18-13(19-14)10-7-8-11(20-10)15(3,4)5/h7-8H,6H2,1-5H3,(H,17,18,19). The van der Waals surface area contributed by atoms with Crippen LogP contribution in [0.1, 0.15) is 38.3 Å². The second-order valence-electron chi connectivity index (χ2n) is 5.74. The Labute approximate surface area is 133 Å². The number of aryl methyl sites for hydroxylation is 1. The Kier molecular flexibility index (Phi) is 4.49. The number of anilines is 1. The van der Waals surface area contributed by atoms with Crippen LogP contribution in [0, 0.1) is 6.92 Å². The molecule has 0 radical (unpaired) electrons. The number of thiophene rings is 1. The van der Waals surface area contributed by atoms with E-state index in [1.54, 1.807) is 11.3 Å². The second kappa shape index (κ2) is 5.82. The maximum absolute atomic E-state index is 4.63. The van der Waals surface area contributed by atoms with Gasteiger partial charge in [-0.05, 0) is 47.3 Å². The molecular weight excluding hydrogens is 334 g/mol. The Morgan fingerprint density at radius 3 is 2.50 bits per heavy atom. The highest BCUT2D eigenvalue weighted by atomic mass is 79.9. The lowest BCUT2D eigenvalue weighted by Gasteiger charge is -2.15. The molecule has 0 spiro atoms. The fraction of sp³-hybridized carbons (Fsp3) is 0.467. The Morgan fingerprint density at radius 2 is 1.95 bits per heavy atom. The summed E-state index contributed by atoms with van der Waals surface area (Å²) in [5.41, 5.74) is 1.12. The van der Waals surface area contributed by atoms with Crippen molar-refractivity contribution in [1.29, 1.82) is 0 Å². The molecule has 0 amide bonds. The van der Waals surface area contributed by atoms with Crippen LogP contribution in [0.3, 0.4) is 0 Å². The van der Waals surface area contributed by atoms with Gasteiger partial charge in [-0.25, -0.2) is 9.97 Å². The number of hydrogen-bond donors (Lipinski definition) is 1. The second-order valence-corrected chi connectivity index (χ2v) is 7.62. The molecule has 0 bridgehead atoms. The van der Waals surface area contributed by atoms with Gasteiger partial charge in [0.2, 0.25) is 0 Å². The quantitative estimate of drug-likeness (QED) is 0.842. The highest BCUT2D eigenvalue weighted by Crippen LogP contribution is 2.35. The molecule has 0 aliphatic heterocycles. The van der Waals surface area contributed by atoms with E-state index in [2.05, 4.69) is 71.0 Å². The number of nitrogens with zero attached hydrogens (tertiary/aromatic N) is 2. The molecular formula is C15H20BrN3S. The molecule has 2 heterocycles. The average Bonchev–Trinajstić information content (AvgIpc) is 2.84. The molecule has 0 unspecified atom stereocenters. The number of aromatic nitrogens is 2. The van der Waals surface area contributed by atoms with Crippen molar-refractivity contribution in [2.24, 2.45) is 0 Å². The zero-order valence-electron chi connectivity index (χ0n) is 12.5. The predicted molar refractivity (Wildman–Crippen MR) is 90.6 cm³/mol. The summed E-state index contributed by atoms with van der Waals surface area (Å²) >= 11 is 5.31. The van der Waals surface area contributed by atoms with E-state index in [0.717, 1.165) is 33.2 Å². The first kappa shape index (κ1) is 15.4. The van der Waals surface area contributed by atoms with Gasteiger partial charge in [-0.2, -0.15) is 0 Å². The summed E-state index contributed by atoms with van der Waals surface area (Å²) in [5, 5.41) is 3.27. The van der Waals surface area contributed by atoms with Crippen molar-refractivity contribution in [1.82, 2.24) is 9.97 Å². The number of nitrogens with one attached hydrogen (secondary N) is 1. The fourth-order valence-electron chi connectivity index (χ4n) is 1.82. The van der Waals surface area contributed by atoms with E-state index in [-0.39, 0.29) is 5.41 Å². The zero-order chi connectivity index (χ0) is 14.9. The third kappa shape index (κ3) is 3.20.